The van der Waals surface area contributed by atoms with Crippen LogP contribution in [-0.4, -0.2) is 96.5 Å². The molecule has 12 unspecified atom stereocenters. The molecule has 1 aliphatic heterocycles. The van der Waals surface area contributed by atoms with E-state index in [0.717, 1.165) is 38.0 Å². The molecule has 4 rings (SSSR count). The van der Waals surface area contributed by atoms with E-state index in [2.05, 4.69) is 37.7 Å². The molecule has 12 atom stereocenters. The zero-order valence-electron chi connectivity index (χ0n) is 22.4. The summed E-state index contributed by atoms with van der Waals surface area (Å²) in [6, 6.07) is -1.51. The maximum Gasteiger partial charge on any atom is 0.269 e. The van der Waals surface area contributed by atoms with Crippen molar-refractivity contribution < 1.29 is 37.4 Å². The predicted molar refractivity (Wildman–Crippen MR) is 142 cm³/mol. The standard InChI is InChI=1S/C23H42N6O8S2/c1-12-6-18(19(35-2)10-17(12)27-26-14-4-3-5-25-11-14)28-29-22-20(38-37-36-31)7-13-8-21(39(32,33)34)16(24)9-15(13)23(22)30/h12-23,25,30-31H,3-11,24H2,1-2H3,(H,32,33,34). The average molecular weight is 595 g/mol. The molecule has 0 spiro atoms. The molecule has 1 heterocycles. The second-order valence-electron chi connectivity index (χ2n) is 11.4. The fraction of sp³-hybridized carbons (Fsp3) is 1.00. The summed E-state index contributed by atoms with van der Waals surface area (Å²) >= 11 is 0.796. The van der Waals surface area contributed by atoms with Gasteiger partial charge in [0.05, 0.1) is 35.6 Å². The summed E-state index contributed by atoms with van der Waals surface area (Å²) in [6.07, 6.45) is 3.05. The molecule has 0 amide bonds. The molecule has 4 fully saturated rings. The van der Waals surface area contributed by atoms with Crippen LogP contribution < -0.4 is 11.1 Å². The number of nitrogens with two attached hydrogens (primary N) is 1. The number of hydrogen-bond acceptors (Lipinski definition) is 14. The molecule has 0 aromatic heterocycles. The van der Waals surface area contributed by atoms with Gasteiger partial charge in [-0.15, -0.1) is 4.33 Å². The van der Waals surface area contributed by atoms with Gasteiger partial charge in [0.1, 0.15) is 11.3 Å². The summed E-state index contributed by atoms with van der Waals surface area (Å²) in [5, 5.41) is 44.1. The third-order valence-corrected chi connectivity index (χ3v) is 11.1. The van der Waals surface area contributed by atoms with Crippen molar-refractivity contribution in [2.45, 2.75) is 105 Å². The third kappa shape index (κ3) is 7.72. The number of rotatable bonds is 9. The minimum Gasteiger partial charge on any atom is -0.390 e. The molecule has 0 radical (unpaired) electrons. The Balaban J connectivity index is 1.45. The normalized spacial score (nSPS) is 44.1. The summed E-state index contributed by atoms with van der Waals surface area (Å²) in [7, 11) is -2.69. The van der Waals surface area contributed by atoms with Crippen LogP contribution in [0.25, 0.3) is 0 Å². The van der Waals surface area contributed by atoms with Crippen molar-refractivity contribution in [3.63, 3.8) is 0 Å². The van der Waals surface area contributed by atoms with Gasteiger partial charge in [-0.2, -0.15) is 28.9 Å². The smallest absolute Gasteiger partial charge is 0.269 e. The maximum absolute atomic E-state index is 11.8. The highest BCUT2D eigenvalue weighted by Gasteiger charge is 2.51. The molecular formula is C23H42N6O8S2. The summed E-state index contributed by atoms with van der Waals surface area (Å²) in [4.78, 5) is 0. The van der Waals surface area contributed by atoms with E-state index in [1.165, 1.54) is 0 Å². The zero-order valence-corrected chi connectivity index (χ0v) is 24.0. The first kappa shape index (κ1) is 31.1. The zero-order chi connectivity index (χ0) is 28.2. The van der Waals surface area contributed by atoms with Crippen molar-refractivity contribution in [1.82, 2.24) is 5.32 Å². The highest BCUT2D eigenvalue weighted by atomic mass is 32.2. The molecule has 0 aromatic rings. The van der Waals surface area contributed by atoms with Crippen LogP contribution >= 0.6 is 12.0 Å². The summed E-state index contributed by atoms with van der Waals surface area (Å²) < 4.78 is 43.8. The van der Waals surface area contributed by atoms with Crippen molar-refractivity contribution in [3.05, 3.63) is 0 Å². The van der Waals surface area contributed by atoms with E-state index >= 15 is 0 Å². The minimum absolute atomic E-state index is 0.0299. The van der Waals surface area contributed by atoms with E-state index in [1.54, 1.807) is 7.11 Å². The molecule has 4 aliphatic rings. The second kappa shape index (κ2) is 13.9. The molecule has 39 heavy (non-hydrogen) atoms. The van der Waals surface area contributed by atoms with E-state index in [0.29, 0.717) is 19.3 Å². The number of fused-ring (bicyclic) bond motifs is 1. The molecule has 1 saturated heterocycles. The van der Waals surface area contributed by atoms with Gasteiger partial charge in [0.15, 0.2) is 0 Å². The Labute approximate surface area is 233 Å². The van der Waals surface area contributed by atoms with Crippen LogP contribution in [0.3, 0.4) is 0 Å². The van der Waals surface area contributed by atoms with Crippen LogP contribution in [0.5, 0.6) is 0 Å². The van der Waals surface area contributed by atoms with Crippen LogP contribution in [0, 0.1) is 17.8 Å². The number of piperidine rings is 1. The third-order valence-electron chi connectivity index (χ3n) is 8.92. The van der Waals surface area contributed by atoms with E-state index in [4.69, 9.17) is 20.1 Å². The quantitative estimate of drug-likeness (QED) is 0.0856. The minimum atomic E-state index is -4.33. The maximum atomic E-state index is 11.8. The van der Waals surface area contributed by atoms with Gasteiger partial charge < -0.3 is 20.9 Å². The Morgan fingerprint density at radius 2 is 1.82 bits per heavy atom. The topological polar surface area (TPSA) is 210 Å². The molecule has 6 N–H and O–H groups in total. The van der Waals surface area contributed by atoms with Crippen LogP contribution in [0.15, 0.2) is 20.5 Å². The Morgan fingerprint density at radius 3 is 2.49 bits per heavy atom. The molecule has 0 aromatic carbocycles. The van der Waals surface area contributed by atoms with E-state index < -0.39 is 38.8 Å². The molecule has 224 valence electrons. The van der Waals surface area contributed by atoms with Crippen molar-refractivity contribution in [2.24, 2.45) is 43.9 Å². The molecular weight excluding hydrogens is 552 g/mol. The first-order valence-electron chi connectivity index (χ1n) is 13.7. The van der Waals surface area contributed by atoms with Gasteiger partial charge in [-0.25, -0.2) is 5.26 Å². The van der Waals surface area contributed by atoms with Gasteiger partial charge in [0, 0.05) is 38.2 Å². The summed E-state index contributed by atoms with van der Waals surface area (Å²) in [6.45, 7) is 4.00. The molecule has 16 heteroatoms. The number of nitrogens with zero attached hydrogens (tertiary/aromatic N) is 4. The van der Waals surface area contributed by atoms with Crippen LogP contribution in [0.2, 0.25) is 0 Å². The summed E-state index contributed by atoms with van der Waals surface area (Å²) in [5.74, 6) is -0.354. The van der Waals surface area contributed by atoms with E-state index in [1.807, 2.05) is 0 Å². The molecule has 0 bridgehead atoms. The Bertz CT molecular complexity index is 953. The fourth-order valence-electron chi connectivity index (χ4n) is 6.68. The summed E-state index contributed by atoms with van der Waals surface area (Å²) in [5.41, 5.74) is 6.10. The Kier molecular flexibility index (Phi) is 11.1. The van der Waals surface area contributed by atoms with Crippen LogP contribution in [0.1, 0.15) is 51.9 Å². The van der Waals surface area contributed by atoms with Crippen molar-refractivity contribution in [3.8, 4) is 0 Å². The number of ether oxygens (including phenoxy) is 1. The number of aliphatic hydroxyl groups is 1. The monoisotopic (exact) mass is 594 g/mol. The van der Waals surface area contributed by atoms with Gasteiger partial charge in [-0.05, 0) is 62.8 Å². The van der Waals surface area contributed by atoms with Crippen LogP contribution in [-0.2, 0) is 24.2 Å². The van der Waals surface area contributed by atoms with Crippen LogP contribution in [0.4, 0.5) is 0 Å². The number of azo groups is 2. The number of hydrogen-bond donors (Lipinski definition) is 5. The van der Waals surface area contributed by atoms with Gasteiger partial charge >= 0.3 is 0 Å². The van der Waals surface area contributed by atoms with Crippen molar-refractivity contribution in [1.29, 1.82) is 0 Å². The average Bonchev–Trinajstić information content (AvgIpc) is 2.91. The van der Waals surface area contributed by atoms with Gasteiger partial charge in [-0.3, -0.25) is 4.55 Å². The van der Waals surface area contributed by atoms with Gasteiger partial charge in [-0.1, -0.05) is 12.0 Å². The lowest BCUT2D eigenvalue weighted by atomic mass is 9.66. The highest BCUT2D eigenvalue weighted by Crippen LogP contribution is 2.46. The lowest BCUT2D eigenvalue weighted by molar-refractivity contribution is -0.432. The predicted octanol–water partition coefficient (Wildman–Crippen LogP) is 2.01. The number of nitrogens with one attached hydrogen (secondary N) is 1. The van der Waals surface area contributed by atoms with Crippen molar-refractivity contribution in [2.75, 3.05) is 20.2 Å². The number of methoxy groups -OCH3 is 1. The fourth-order valence-corrected chi connectivity index (χ4v) is 8.52. The van der Waals surface area contributed by atoms with E-state index in [9.17, 15) is 18.1 Å². The lowest BCUT2D eigenvalue weighted by Gasteiger charge is -2.47. The van der Waals surface area contributed by atoms with Gasteiger partial charge in [0.25, 0.3) is 10.1 Å². The first-order valence-corrected chi connectivity index (χ1v) is 16.0. The second-order valence-corrected chi connectivity index (χ2v) is 14.0. The number of aliphatic hydroxyl groups excluding tert-OH is 1. The Hall–Kier alpha value is -0.820. The van der Waals surface area contributed by atoms with Crippen molar-refractivity contribution >= 4 is 22.2 Å². The lowest BCUT2D eigenvalue weighted by Crippen LogP contribution is -2.57. The SMILES string of the molecule is COC1CC(N=NC2CCCNC2)C(C)CC1N=NC1C(SOOO)CC2CC(S(=O)(=O)O)C(N)CC2C1O. The van der Waals surface area contributed by atoms with Gasteiger partial charge in [0.2, 0.25) is 0 Å². The molecule has 14 nitrogen and oxygen atoms in total. The molecule has 3 saturated carbocycles. The van der Waals surface area contributed by atoms with E-state index in [-0.39, 0.29) is 54.8 Å². The molecule has 3 aliphatic carbocycles. The Morgan fingerprint density at radius 1 is 1.05 bits per heavy atom. The highest BCUT2D eigenvalue weighted by molar-refractivity contribution is 7.95. The first-order chi connectivity index (χ1) is 18.6. The largest absolute Gasteiger partial charge is 0.390 e.